The standard InChI is InChI=1S/C24H23N5OS/c1-16-20-22(26-12-9-19-8-4-5-11-25-19)27-15-28-23(20)31-21(16)24(30)29-13-10-17-6-2-3-7-18(17)14-29/h2-8,11,15H,9-10,12-14H2,1H3,(H,26,27,28). The Labute approximate surface area is 185 Å². The van der Waals surface area contributed by atoms with E-state index in [2.05, 4.69) is 38.5 Å². The van der Waals surface area contributed by atoms with E-state index in [1.54, 1.807) is 12.5 Å². The van der Waals surface area contributed by atoms with Crippen LogP contribution in [0.5, 0.6) is 0 Å². The maximum absolute atomic E-state index is 13.4. The van der Waals surface area contributed by atoms with E-state index >= 15 is 0 Å². The highest BCUT2D eigenvalue weighted by atomic mass is 32.1. The van der Waals surface area contributed by atoms with Crippen molar-refractivity contribution in [3.8, 4) is 0 Å². The van der Waals surface area contributed by atoms with Crippen LogP contribution in [-0.4, -0.2) is 38.8 Å². The topological polar surface area (TPSA) is 71.0 Å². The largest absolute Gasteiger partial charge is 0.369 e. The van der Waals surface area contributed by atoms with Gasteiger partial charge in [0.1, 0.15) is 17.0 Å². The van der Waals surface area contributed by atoms with E-state index in [9.17, 15) is 4.79 Å². The van der Waals surface area contributed by atoms with E-state index in [1.807, 2.05) is 36.1 Å². The number of nitrogens with one attached hydrogen (secondary N) is 1. The Morgan fingerprint density at radius 1 is 1.10 bits per heavy atom. The highest BCUT2D eigenvalue weighted by molar-refractivity contribution is 7.20. The highest BCUT2D eigenvalue weighted by Crippen LogP contribution is 2.34. The van der Waals surface area contributed by atoms with Gasteiger partial charge in [0.2, 0.25) is 0 Å². The second-order valence-electron chi connectivity index (χ2n) is 7.70. The van der Waals surface area contributed by atoms with E-state index < -0.39 is 0 Å². The normalized spacial score (nSPS) is 13.3. The first-order valence-electron chi connectivity index (χ1n) is 10.4. The van der Waals surface area contributed by atoms with Crippen molar-refractivity contribution < 1.29 is 4.79 Å². The average Bonchev–Trinajstić information content (AvgIpc) is 3.16. The molecule has 0 spiro atoms. The molecular formula is C24H23N5OS. The number of hydrogen-bond donors (Lipinski definition) is 1. The fraction of sp³-hybridized carbons (Fsp3) is 0.250. The molecule has 0 radical (unpaired) electrons. The van der Waals surface area contributed by atoms with Gasteiger partial charge in [-0.05, 0) is 42.2 Å². The first kappa shape index (κ1) is 19.6. The minimum atomic E-state index is 0.0782. The molecule has 0 bridgehead atoms. The van der Waals surface area contributed by atoms with Crippen molar-refractivity contribution in [3.05, 3.63) is 82.3 Å². The molecule has 0 atom stereocenters. The third kappa shape index (κ3) is 3.88. The molecule has 7 heteroatoms. The molecule has 5 rings (SSSR count). The summed E-state index contributed by atoms with van der Waals surface area (Å²) in [4.78, 5) is 30.2. The smallest absolute Gasteiger partial charge is 0.264 e. The molecule has 0 fully saturated rings. The van der Waals surface area contributed by atoms with Gasteiger partial charge in [0, 0.05) is 37.9 Å². The Balaban J connectivity index is 1.37. The molecular weight excluding hydrogens is 406 g/mol. The molecule has 4 aromatic rings. The van der Waals surface area contributed by atoms with E-state index in [0.29, 0.717) is 13.1 Å². The molecule has 1 N–H and O–H groups in total. The second-order valence-corrected chi connectivity index (χ2v) is 8.70. The number of carbonyl (C=O) groups is 1. The monoisotopic (exact) mass is 429 g/mol. The van der Waals surface area contributed by atoms with Crippen LogP contribution in [0, 0.1) is 6.92 Å². The summed E-state index contributed by atoms with van der Waals surface area (Å²) in [7, 11) is 0. The van der Waals surface area contributed by atoms with Crippen LogP contribution in [0.15, 0.2) is 55.0 Å². The zero-order valence-corrected chi connectivity index (χ0v) is 18.2. The maximum Gasteiger partial charge on any atom is 0.264 e. The van der Waals surface area contributed by atoms with Gasteiger partial charge in [0.05, 0.1) is 10.3 Å². The Bertz CT molecular complexity index is 1240. The number of aromatic nitrogens is 3. The molecule has 0 aliphatic carbocycles. The number of thiophene rings is 1. The quantitative estimate of drug-likeness (QED) is 0.514. The second kappa shape index (κ2) is 8.43. The van der Waals surface area contributed by atoms with Gasteiger partial charge in [-0.2, -0.15) is 0 Å². The molecule has 1 amide bonds. The van der Waals surface area contributed by atoms with Crippen LogP contribution in [-0.2, 0) is 19.4 Å². The summed E-state index contributed by atoms with van der Waals surface area (Å²) in [6, 6.07) is 14.3. The van der Waals surface area contributed by atoms with Gasteiger partial charge < -0.3 is 10.2 Å². The number of pyridine rings is 1. The van der Waals surface area contributed by atoms with Crippen LogP contribution in [0.3, 0.4) is 0 Å². The number of aryl methyl sites for hydroxylation is 1. The molecule has 1 aromatic carbocycles. The molecule has 156 valence electrons. The molecule has 0 saturated carbocycles. The van der Waals surface area contributed by atoms with Crippen molar-refractivity contribution in [1.29, 1.82) is 0 Å². The first-order valence-corrected chi connectivity index (χ1v) is 11.3. The fourth-order valence-corrected chi connectivity index (χ4v) is 5.19. The van der Waals surface area contributed by atoms with Crippen molar-refractivity contribution in [2.45, 2.75) is 26.3 Å². The van der Waals surface area contributed by atoms with E-state index in [-0.39, 0.29) is 5.91 Å². The zero-order chi connectivity index (χ0) is 21.2. The molecule has 31 heavy (non-hydrogen) atoms. The van der Waals surface area contributed by atoms with Crippen LogP contribution < -0.4 is 5.32 Å². The van der Waals surface area contributed by atoms with Gasteiger partial charge in [0.15, 0.2) is 0 Å². The van der Waals surface area contributed by atoms with E-state index in [4.69, 9.17) is 0 Å². The summed E-state index contributed by atoms with van der Waals surface area (Å²) in [5, 5.41) is 4.35. The number of nitrogens with zero attached hydrogens (tertiary/aromatic N) is 4. The predicted molar refractivity (Wildman–Crippen MR) is 123 cm³/mol. The lowest BCUT2D eigenvalue weighted by atomic mass is 9.99. The van der Waals surface area contributed by atoms with Crippen LogP contribution in [0.2, 0.25) is 0 Å². The molecule has 6 nitrogen and oxygen atoms in total. The van der Waals surface area contributed by atoms with Crippen LogP contribution in [0.25, 0.3) is 10.2 Å². The fourth-order valence-electron chi connectivity index (χ4n) is 4.08. The number of fused-ring (bicyclic) bond motifs is 2. The van der Waals surface area contributed by atoms with Gasteiger partial charge in [-0.1, -0.05) is 30.3 Å². The van der Waals surface area contributed by atoms with Crippen LogP contribution in [0.1, 0.15) is 32.1 Å². The maximum atomic E-state index is 13.4. The lowest BCUT2D eigenvalue weighted by Crippen LogP contribution is -2.35. The molecule has 0 saturated heterocycles. The average molecular weight is 430 g/mol. The van der Waals surface area contributed by atoms with Crippen molar-refractivity contribution in [3.63, 3.8) is 0 Å². The first-order chi connectivity index (χ1) is 15.2. The number of benzene rings is 1. The van der Waals surface area contributed by atoms with E-state index in [1.165, 1.54) is 22.5 Å². The Kier molecular flexibility index (Phi) is 5.34. The number of amides is 1. The predicted octanol–water partition coefficient (Wildman–Crippen LogP) is 4.25. The molecule has 0 unspecified atom stereocenters. The summed E-state index contributed by atoms with van der Waals surface area (Å²) in [5.41, 5.74) is 4.55. The number of hydrogen-bond acceptors (Lipinski definition) is 6. The van der Waals surface area contributed by atoms with Gasteiger partial charge in [-0.25, -0.2) is 9.97 Å². The summed E-state index contributed by atoms with van der Waals surface area (Å²) >= 11 is 1.46. The van der Waals surface area contributed by atoms with Crippen LogP contribution in [0.4, 0.5) is 5.82 Å². The van der Waals surface area contributed by atoms with Crippen molar-refractivity contribution in [2.24, 2.45) is 0 Å². The number of anilines is 1. The molecule has 4 heterocycles. The Morgan fingerprint density at radius 2 is 1.94 bits per heavy atom. The number of carbonyl (C=O) groups excluding carboxylic acids is 1. The Hall–Kier alpha value is -3.32. The lowest BCUT2D eigenvalue weighted by molar-refractivity contribution is 0.0739. The van der Waals surface area contributed by atoms with Gasteiger partial charge >= 0.3 is 0 Å². The van der Waals surface area contributed by atoms with Gasteiger partial charge in [-0.3, -0.25) is 9.78 Å². The van der Waals surface area contributed by atoms with Crippen molar-refractivity contribution in [1.82, 2.24) is 19.9 Å². The summed E-state index contributed by atoms with van der Waals surface area (Å²) in [6.45, 7) is 4.11. The summed E-state index contributed by atoms with van der Waals surface area (Å²) < 4.78 is 0. The Morgan fingerprint density at radius 3 is 2.77 bits per heavy atom. The van der Waals surface area contributed by atoms with Crippen LogP contribution >= 0.6 is 11.3 Å². The highest BCUT2D eigenvalue weighted by Gasteiger charge is 2.26. The van der Waals surface area contributed by atoms with Gasteiger partial charge in [0.25, 0.3) is 5.91 Å². The zero-order valence-electron chi connectivity index (χ0n) is 17.3. The molecule has 1 aliphatic heterocycles. The lowest BCUT2D eigenvalue weighted by Gasteiger charge is -2.28. The molecule has 3 aromatic heterocycles. The minimum absolute atomic E-state index is 0.0782. The SMILES string of the molecule is Cc1c(C(=O)N2CCc3ccccc3C2)sc2ncnc(NCCc3ccccn3)c12. The summed E-state index contributed by atoms with van der Waals surface area (Å²) in [5.74, 6) is 0.854. The van der Waals surface area contributed by atoms with Gasteiger partial charge in [-0.15, -0.1) is 11.3 Å². The van der Waals surface area contributed by atoms with Crippen molar-refractivity contribution >= 4 is 33.3 Å². The molecule has 1 aliphatic rings. The third-order valence-electron chi connectivity index (χ3n) is 5.74. The number of rotatable bonds is 5. The van der Waals surface area contributed by atoms with Crippen molar-refractivity contribution in [2.75, 3.05) is 18.4 Å². The summed E-state index contributed by atoms with van der Waals surface area (Å²) in [6.07, 6.45) is 5.06. The third-order valence-corrected chi connectivity index (χ3v) is 6.93. The minimum Gasteiger partial charge on any atom is -0.369 e. The van der Waals surface area contributed by atoms with E-state index in [0.717, 1.165) is 51.6 Å².